The summed E-state index contributed by atoms with van der Waals surface area (Å²) in [5.74, 6) is 0.949. The number of benzene rings is 3. The van der Waals surface area contributed by atoms with E-state index in [-0.39, 0.29) is 32.3 Å². The average Bonchev–Trinajstić information content (AvgIpc) is 3.27. The van der Waals surface area contributed by atoms with Gasteiger partial charge in [-0.3, -0.25) is 4.98 Å². The molecule has 0 spiro atoms. The molecule has 0 radical (unpaired) electrons. The fourth-order valence-electron chi connectivity index (χ4n) is 6.40. The van der Waals surface area contributed by atoms with E-state index in [0.717, 1.165) is 23.8 Å². The van der Waals surface area contributed by atoms with Gasteiger partial charge in [-0.25, -0.2) is 4.98 Å². The van der Waals surface area contributed by atoms with Crippen molar-refractivity contribution in [3.63, 3.8) is 0 Å². The van der Waals surface area contributed by atoms with Crippen LogP contribution in [0.25, 0.3) is 22.4 Å². The third-order valence-electron chi connectivity index (χ3n) is 9.63. The summed E-state index contributed by atoms with van der Waals surface area (Å²) in [6.45, 7) is 1.40. The molecule has 5 aromatic rings. The second-order valence-electron chi connectivity index (χ2n) is 13.5. The lowest BCUT2D eigenvalue weighted by Crippen LogP contribution is -2.36. The second-order valence-corrected chi connectivity index (χ2v) is 14.3. The summed E-state index contributed by atoms with van der Waals surface area (Å²) in [5, 5.41) is 41.2. The van der Waals surface area contributed by atoms with E-state index in [1.165, 1.54) is 12.4 Å². The maximum atomic E-state index is 11.4. The molecule has 2 heterocycles. The van der Waals surface area contributed by atoms with E-state index in [1.807, 2.05) is 55.6 Å². The Bertz CT molecular complexity index is 2290. The number of carbonyl (C=O) groups is 2. The Morgan fingerprint density at radius 2 is 1.76 bits per heavy atom. The number of anilines is 1. The Hall–Kier alpha value is -5.72. The van der Waals surface area contributed by atoms with Crippen molar-refractivity contribution in [2.45, 2.75) is 51.2 Å². The highest BCUT2D eigenvalue weighted by molar-refractivity contribution is 6.36. The molecule has 0 aliphatic carbocycles. The number of likely N-dealkylation sites (N-methyl/N-ethyl adjacent to an activating group) is 1. The Kier molecular flexibility index (Phi) is 16.9. The molecule has 2 unspecified atom stereocenters. The maximum Gasteiger partial charge on any atom is 0.218 e. The molecule has 6 N–H and O–H groups in total. The number of nitriles is 1. The predicted molar refractivity (Wildman–Crippen MR) is 230 cm³/mol. The van der Waals surface area contributed by atoms with Crippen LogP contribution in [0.3, 0.4) is 0 Å². The van der Waals surface area contributed by atoms with Gasteiger partial charge in [-0.15, -0.1) is 0 Å². The van der Waals surface area contributed by atoms with Crippen LogP contribution in [0, 0.1) is 16.7 Å². The highest BCUT2D eigenvalue weighted by Gasteiger charge is 2.18. The first kappa shape index (κ1) is 44.4. The first-order valence-electron chi connectivity index (χ1n) is 18.9. The molecule has 5 rings (SSSR count). The van der Waals surface area contributed by atoms with E-state index in [4.69, 9.17) is 43.1 Å². The second kappa shape index (κ2) is 22.4. The van der Waals surface area contributed by atoms with Crippen molar-refractivity contribution >= 4 is 47.7 Å². The van der Waals surface area contributed by atoms with E-state index in [2.05, 4.69) is 32.3 Å². The standard InChI is InChI=1S/C44H46Cl2N8O5/c1-49-33(6-5-13-55)24-51-21-30-11-12-41(54-44(30)58-2)37-9-3-8-36(43(37)46)35-7-4-10-40(38(35)18-48)53-22-31-16-42(59-27-29-14-28(17-47)19-50-20-29)32(15-39(31)45)23-52-34(25-56)26-57/h3-4,7-16,18-20,25,33-34,48-49,51-53,57H,5-6,21-24,26-27H2,1-2H3. The smallest absolute Gasteiger partial charge is 0.218 e. The van der Waals surface area contributed by atoms with Gasteiger partial charge >= 0.3 is 0 Å². The zero-order chi connectivity index (χ0) is 42.1. The zero-order valence-corrected chi connectivity index (χ0v) is 34.2. The molecule has 59 heavy (non-hydrogen) atoms. The van der Waals surface area contributed by atoms with Crippen LogP contribution in [0.2, 0.25) is 10.0 Å². The number of methoxy groups -OCH3 is 1. The van der Waals surface area contributed by atoms with Gasteiger partial charge in [0.25, 0.3) is 0 Å². The average molecular weight is 838 g/mol. The number of pyridine rings is 2. The Morgan fingerprint density at radius 1 is 0.966 bits per heavy atom. The molecule has 0 aliphatic rings. The van der Waals surface area contributed by atoms with Crippen molar-refractivity contribution in [3.05, 3.63) is 123 Å². The van der Waals surface area contributed by atoms with Gasteiger partial charge < -0.3 is 50.8 Å². The third kappa shape index (κ3) is 11.7. The summed E-state index contributed by atoms with van der Waals surface area (Å²) in [5.41, 5.74) is 7.36. The number of aliphatic hydroxyl groups excluding tert-OH is 1. The van der Waals surface area contributed by atoms with Crippen LogP contribution in [-0.2, 0) is 35.8 Å². The highest BCUT2D eigenvalue weighted by atomic mass is 35.5. The van der Waals surface area contributed by atoms with Gasteiger partial charge in [0.2, 0.25) is 5.88 Å². The van der Waals surface area contributed by atoms with Gasteiger partial charge in [-0.2, -0.15) is 5.26 Å². The van der Waals surface area contributed by atoms with E-state index in [1.54, 1.807) is 31.5 Å². The van der Waals surface area contributed by atoms with Crippen LogP contribution in [0.5, 0.6) is 11.6 Å². The molecule has 2 aromatic heterocycles. The van der Waals surface area contributed by atoms with Crippen molar-refractivity contribution in [1.29, 1.82) is 10.7 Å². The number of hydrogen-bond acceptors (Lipinski definition) is 13. The van der Waals surface area contributed by atoms with E-state index < -0.39 is 6.04 Å². The summed E-state index contributed by atoms with van der Waals surface area (Å²) in [4.78, 5) is 31.1. The molecule has 0 saturated heterocycles. The highest BCUT2D eigenvalue weighted by Crippen LogP contribution is 2.39. The minimum absolute atomic E-state index is 0.117. The Labute approximate surface area is 353 Å². The quantitative estimate of drug-likeness (QED) is 0.0310. The lowest BCUT2D eigenvalue weighted by Gasteiger charge is -2.19. The van der Waals surface area contributed by atoms with Gasteiger partial charge in [0.1, 0.15) is 31.0 Å². The largest absolute Gasteiger partial charge is 0.489 e. The van der Waals surface area contributed by atoms with Gasteiger partial charge in [-0.05, 0) is 54.9 Å². The lowest BCUT2D eigenvalue weighted by molar-refractivity contribution is -0.110. The van der Waals surface area contributed by atoms with Crippen LogP contribution in [0.1, 0.15) is 46.2 Å². The molecule has 0 aliphatic heterocycles. The molecule has 0 saturated carbocycles. The number of aromatic nitrogens is 2. The number of rotatable bonds is 23. The molecule has 3 aromatic carbocycles. The van der Waals surface area contributed by atoms with Crippen molar-refractivity contribution in [3.8, 4) is 40.1 Å². The number of hydrogen-bond donors (Lipinski definition) is 6. The minimum Gasteiger partial charge on any atom is -0.489 e. The summed E-state index contributed by atoms with van der Waals surface area (Å²) in [6.07, 6.45) is 7.15. The molecule has 13 nitrogen and oxygen atoms in total. The Morgan fingerprint density at radius 3 is 2.49 bits per heavy atom. The van der Waals surface area contributed by atoms with Crippen LogP contribution in [0.15, 0.2) is 79.1 Å². The lowest BCUT2D eigenvalue weighted by atomic mass is 9.96. The summed E-state index contributed by atoms with van der Waals surface area (Å²) >= 11 is 14.0. The van der Waals surface area contributed by atoms with Gasteiger partial charge in [0.05, 0.1) is 36.0 Å². The van der Waals surface area contributed by atoms with Crippen molar-refractivity contribution < 1.29 is 24.2 Å². The fourth-order valence-corrected chi connectivity index (χ4v) is 6.98. The van der Waals surface area contributed by atoms with E-state index in [0.29, 0.717) is 97.8 Å². The van der Waals surface area contributed by atoms with Crippen molar-refractivity contribution in [2.24, 2.45) is 0 Å². The first-order valence-corrected chi connectivity index (χ1v) is 19.6. The monoisotopic (exact) mass is 836 g/mol. The number of halogens is 2. The van der Waals surface area contributed by atoms with E-state index >= 15 is 0 Å². The van der Waals surface area contributed by atoms with Gasteiger partial charge in [0.15, 0.2) is 0 Å². The molecule has 0 bridgehead atoms. The maximum absolute atomic E-state index is 11.4. The molecule has 0 fully saturated rings. The topological polar surface area (TPSA) is 194 Å². The number of carbonyl (C=O) groups excluding carboxylic acids is 2. The van der Waals surface area contributed by atoms with Crippen LogP contribution in [-0.4, -0.2) is 73.3 Å². The number of nitrogens with zero attached hydrogens (tertiary/aromatic N) is 3. The number of nitrogens with one attached hydrogen (secondary N) is 5. The summed E-state index contributed by atoms with van der Waals surface area (Å²) in [7, 11) is 3.45. The first-order chi connectivity index (χ1) is 28.8. The van der Waals surface area contributed by atoms with Crippen LogP contribution < -0.4 is 30.7 Å². The van der Waals surface area contributed by atoms with Crippen LogP contribution >= 0.6 is 23.2 Å². The minimum atomic E-state index is -0.767. The number of aldehydes is 2. The third-order valence-corrected chi connectivity index (χ3v) is 10.4. The predicted octanol–water partition coefficient (Wildman–Crippen LogP) is 6.49. The molecule has 306 valence electrons. The van der Waals surface area contributed by atoms with Gasteiger partial charge in [0, 0.05) is 101 Å². The van der Waals surface area contributed by atoms with E-state index in [9.17, 15) is 20.0 Å². The SMILES string of the molecule is CNC(CCC=O)CNCc1ccc(-c2cccc(-c3cccc(NCc4cc(OCc5cncc(C#N)c5)c(CNC(C=O)CO)cc4Cl)c3C=N)c2Cl)nc1OC. The molecule has 2 atom stereocenters. The number of ether oxygens (including phenoxy) is 2. The molecule has 0 amide bonds. The fraction of sp³-hybridized carbons (Fsp3) is 0.273. The number of aliphatic hydroxyl groups is 1. The van der Waals surface area contributed by atoms with Gasteiger partial charge in [-0.1, -0.05) is 59.6 Å². The zero-order valence-electron chi connectivity index (χ0n) is 32.7. The molecule has 15 heteroatoms. The van der Waals surface area contributed by atoms with Crippen molar-refractivity contribution in [2.75, 3.05) is 32.6 Å². The summed E-state index contributed by atoms with van der Waals surface area (Å²) in [6, 6.07) is 21.9. The van der Waals surface area contributed by atoms with Crippen LogP contribution in [0.4, 0.5) is 5.69 Å². The summed E-state index contributed by atoms with van der Waals surface area (Å²) < 4.78 is 11.9. The normalized spacial score (nSPS) is 11.9. The Balaban J connectivity index is 1.38. The molecular weight excluding hydrogens is 791 g/mol. The van der Waals surface area contributed by atoms with Crippen molar-refractivity contribution in [1.82, 2.24) is 25.9 Å². The molecular formula is C44H46Cl2N8O5.